The van der Waals surface area contributed by atoms with Crippen molar-refractivity contribution in [2.45, 2.75) is 171 Å². The van der Waals surface area contributed by atoms with E-state index in [1.165, 1.54) is 24.2 Å². The number of rotatable bonds is 22. The summed E-state index contributed by atoms with van der Waals surface area (Å²) < 4.78 is 0. The summed E-state index contributed by atoms with van der Waals surface area (Å²) in [5.41, 5.74) is 13.4. The number of halogens is 2. The molecule has 3 aliphatic rings. The van der Waals surface area contributed by atoms with Crippen LogP contribution in [0.5, 0.6) is 0 Å². The molecule has 3 saturated heterocycles. The number of primary amides is 1. The highest BCUT2D eigenvalue weighted by Crippen LogP contribution is 2.23. The molecular formula is C74H92Cl2N18O14. The fraction of sp³-hybridized carbons (Fsp3) is 0.432. The van der Waals surface area contributed by atoms with Gasteiger partial charge in [-0.25, -0.2) is 0 Å². The predicted molar refractivity (Wildman–Crippen MR) is 398 cm³/mol. The molecule has 0 radical (unpaired) electrons. The van der Waals surface area contributed by atoms with Crippen molar-refractivity contribution in [1.29, 1.82) is 5.41 Å². The minimum Gasteiger partial charge on any atom is -0.370 e. The average Bonchev–Trinajstić information content (AvgIpc) is 1.61. The summed E-state index contributed by atoms with van der Waals surface area (Å²) in [6, 6.07) is 11.4. The first-order chi connectivity index (χ1) is 51.5. The van der Waals surface area contributed by atoms with Gasteiger partial charge < -0.3 is 85.5 Å². The van der Waals surface area contributed by atoms with E-state index in [2.05, 4.69) is 74.1 Å². The molecule has 11 atom stereocenters. The number of carbonyl (C=O) groups is 14. The molecule has 0 spiro atoms. The van der Waals surface area contributed by atoms with Crippen LogP contribution in [-0.4, -0.2) is 191 Å². The number of benzene rings is 4. The largest absolute Gasteiger partial charge is 0.370 e. The number of nitrogens with two attached hydrogens (primary N) is 2. The minimum atomic E-state index is -2.09. The smallest absolute Gasteiger partial charge is 0.245 e. The third-order valence-electron chi connectivity index (χ3n) is 18.4. The third kappa shape index (κ3) is 25.2. The Hall–Kier alpha value is -11.3. The Kier molecular flexibility index (Phi) is 30.4. The SMILES string of the molecule is CC(=O)N[C@H](Cc1ccc2ccccc2c1)C(=O)N[C@H](Cc1ccc(Cl)cc1)C(=O)N[C@H](Cc1cccnc1)C(=O)N[C@H]1CC(=O)NCC(C(N)=O)NC(=O)[C@@H]2CCCN2C(=O)[C@@H]2CCNC(=O)[C@H](Cc3ccc(Cl)cc3)NC(=O)CC[C@H](NC1=O)C(=O)N[C@H](CCCNC(=N)N)C(=O)N[C@@H](CC(C)C)C(=O)N2. The fourth-order valence-corrected chi connectivity index (χ4v) is 13.0. The number of carbonyl (C=O) groups excluding carboxylic acids is 14. The molecule has 1 unspecified atom stereocenters. The molecule has 576 valence electrons. The summed E-state index contributed by atoms with van der Waals surface area (Å²) in [5, 5.41) is 44.5. The Morgan fingerprint density at radius 3 is 1.88 bits per heavy atom. The molecule has 4 heterocycles. The molecule has 3 aliphatic heterocycles. The van der Waals surface area contributed by atoms with Crippen molar-refractivity contribution in [2.75, 3.05) is 26.2 Å². The van der Waals surface area contributed by atoms with Crippen LogP contribution in [0.25, 0.3) is 10.8 Å². The molecule has 1 aromatic heterocycles. The van der Waals surface area contributed by atoms with Gasteiger partial charge in [-0.3, -0.25) is 77.5 Å². The van der Waals surface area contributed by atoms with E-state index in [0.29, 0.717) is 32.3 Å². The monoisotopic (exact) mass is 1530 g/mol. The van der Waals surface area contributed by atoms with Gasteiger partial charge in [-0.1, -0.05) is 110 Å². The standard InChI is InChI=1S/C74H92Cl2N18O14/c1-40(2)31-53-67(102)88-52-26-29-81-64(99)54(33-42-15-20-48(75)21-16-42)85-61(96)25-24-51(66(101)86-50(65(100)89-53)12-7-28-82-74(78)79)87-71(106)58(37-62(97)83-39-59(63(77)98)93-72(107)60-13-8-30-94(60)73(52)108)92-70(105)57(36-45-9-6-27-80-38-45)91-69(104)56(34-43-17-22-49(76)23-18-43)90-68(103)55(84-41(3)95)35-44-14-19-46-10-4-5-11-47(46)32-44/h4-6,9-11,14-23,27,32,38,40,50-60H,7-8,12-13,24-26,28-31,33-37,39H2,1-3H3,(H2,77,98)(H,81,99)(H,83,97)(H,84,95)(H,85,96)(H,86,101)(H,87,106)(H,88,102)(H,89,100)(H,90,103)(H,91,104)(H,92,105)(H,93,107)(H4,78,79,82)/t50-,51+,52+,53+,54+,55-,56-,57-,58+,59?,60+/m1/s1. The predicted octanol–water partition coefficient (Wildman–Crippen LogP) is -0.714. The molecule has 0 aliphatic carbocycles. The molecule has 3 fully saturated rings. The van der Waals surface area contributed by atoms with Gasteiger partial charge in [-0.15, -0.1) is 0 Å². The number of fused-ring (bicyclic) bond motifs is 11. The van der Waals surface area contributed by atoms with E-state index in [9.17, 15) is 43.2 Å². The molecule has 34 heteroatoms. The number of pyridine rings is 1. The van der Waals surface area contributed by atoms with E-state index >= 15 is 24.0 Å². The Labute approximate surface area is 633 Å². The highest BCUT2D eigenvalue weighted by Gasteiger charge is 2.42. The Morgan fingerprint density at radius 1 is 0.602 bits per heavy atom. The van der Waals surface area contributed by atoms with Crippen LogP contribution in [0.3, 0.4) is 0 Å². The van der Waals surface area contributed by atoms with Crippen molar-refractivity contribution in [3.05, 3.63) is 148 Å². The van der Waals surface area contributed by atoms with Crippen LogP contribution in [0.2, 0.25) is 10.0 Å². The number of hydrogen-bond acceptors (Lipinski definition) is 16. The molecule has 4 aromatic carbocycles. The van der Waals surface area contributed by atoms with Crippen LogP contribution in [0, 0.1) is 11.3 Å². The Bertz CT molecular complexity index is 4120. The summed E-state index contributed by atoms with van der Waals surface area (Å²) in [5.74, 6) is -14.1. The maximum absolute atomic E-state index is 15.4. The van der Waals surface area contributed by atoms with Gasteiger partial charge in [0.05, 0.1) is 6.42 Å². The van der Waals surface area contributed by atoms with Gasteiger partial charge >= 0.3 is 0 Å². The molecule has 5 aromatic rings. The van der Waals surface area contributed by atoms with Gasteiger partial charge in [-0.05, 0) is 114 Å². The molecule has 32 nitrogen and oxygen atoms in total. The first-order valence-corrected chi connectivity index (χ1v) is 36.4. The number of hydrogen-bond donors (Lipinski definition) is 16. The highest BCUT2D eigenvalue weighted by molar-refractivity contribution is 6.30. The van der Waals surface area contributed by atoms with E-state index < -0.39 is 181 Å². The average molecular weight is 1530 g/mol. The second kappa shape index (κ2) is 39.9. The quantitative estimate of drug-likeness (QED) is 0.0176. The van der Waals surface area contributed by atoms with Gasteiger partial charge in [0.25, 0.3) is 0 Å². The second-order valence-electron chi connectivity index (χ2n) is 27.3. The van der Waals surface area contributed by atoms with Gasteiger partial charge in [0, 0.05) is 87.6 Å². The van der Waals surface area contributed by atoms with Crippen LogP contribution in [-0.2, 0) is 92.8 Å². The summed E-state index contributed by atoms with van der Waals surface area (Å²) >= 11 is 12.5. The van der Waals surface area contributed by atoms with Crippen LogP contribution in [0.4, 0.5) is 0 Å². The van der Waals surface area contributed by atoms with Gasteiger partial charge in [0.1, 0.15) is 66.5 Å². The van der Waals surface area contributed by atoms with Crippen molar-refractivity contribution in [3.8, 4) is 0 Å². The summed E-state index contributed by atoms with van der Waals surface area (Å²) in [6.45, 7) is 3.61. The van der Waals surface area contributed by atoms with Crippen LogP contribution in [0.15, 0.2) is 116 Å². The number of nitrogens with zero attached hydrogens (tertiary/aromatic N) is 2. The summed E-state index contributed by atoms with van der Waals surface area (Å²) in [6.07, 6.45) is -0.557. The van der Waals surface area contributed by atoms with E-state index in [1.54, 1.807) is 80.6 Å². The summed E-state index contributed by atoms with van der Waals surface area (Å²) in [7, 11) is 0. The molecule has 108 heavy (non-hydrogen) atoms. The first-order valence-electron chi connectivity index (χ1n) is 35.6. The van der Waals surface area contributed by atoms with Crippen molar-refractivity contribution in [1.82, 2.24) is 79.0 Å². The first kappa shape index (κ1) is 82.4. The van der Waals surface area contributed by atoms with E-state index in [1.807, 2.05) is 36.4 Å². The van der Waals surface area contributed by atoms with Crippen molar-refractivity contribution < 1.29 is 67.1 Å². The number of nitrogens with one attached hydrogen (secondary N) is 14. The highest BCUT2D eigenvalue weighted by atomic mass is 35.5. The topological polar surface area (TPSA) is 487 Å². The van der Waals surface area contributed by atoms with Crippen molar-refractivity contribution >= 4 is 123 Å². The van der Waals surface area contributed by atoms with Crippen LogP contribution >= 0.6 is 23.2 Å². The normalized spacial score (nSPS) is 21.8. The second-order valence-corrected chi connectivity index (χ2v) is 28.2. The summed E-state index contributed by atoms with van der Waals surface area (Å²) in [4.78, 5) is 210. The maximum atomic E-state index is 15.4. The molecular weight excluding hydrogens is 1440 g/mol. The lowest BCUT2D eigenvalue weighted by atomic mass is 9.99. The number of amides is 14. The molecule has 8 rings (SSSR count). The van der Waals surface area contributed by atoms with Crippen molar-refractivity contribution in [3.63, 3.8) is 0 Å². The van der Waals surface area contributed by atoms with E-state index in [0.717, 1.165) is 10.8 Å². The minimum absolute atomic E-state index is 0.0101. The fourth-order valence-electron chi connectivity index (χ4n) is 12.8. The van der Waals surface area contributed by atoms with E-state index in [-0.39, 0.29) is 89.8 Å². The molecule has 18 N–H and O–H groups in total. The van der Waals surface area contributed by atoms with E-state index in [4.69, 9.17) is 40.1 Å². The maximum Gasteiger partial charge on any atom is 0.245 e. The molecule has 14 amide bonds. The number of guanidine groups is 1. The van der Waals surface area contributed by atoms with Crippen LogP contribution in [0.1, 0.15) is 101 Å². The Morgan fingerprint density at radius 2 is 1.22 bits per heavy atom. The zero-order chi connectivity index (χ0) is 78.1. The van der Waals surface area contributed by atoms with Gasteiger partial charge in [-0.2, -0.15) is 0 Å². The van der Waals surface area contributed by atoms with Crippen molar-refractivity contribution in [2.24, 2.45) is 17.4 Å². The van der Waals surface area contributed by atoms with Gasteiger partial charge in [0.2, 0.25) is 82.7 Å². The Balaban J connectivity index is 1.20. The third-order valence-corrected chi connectivity index (χ3v) is 18.9. The number of aromatic nitrogens is 1. The molecule has 2 bridgehead atoms. The lowest BCUT2D eigenvalue weighted by Crippen LogP contribution is -2.61. The lowest BCUT2D eigenvalue weighted by molar-refractivity contribution is -0.142. The molecule has 0 saturated carbocycles. The zero-order valence-electron chi connectivity index (χ0n) is 59.9. The van der Waals surface area contributed by atoms with Gasteiger partial charge in [0.15, 0.2) is 5.96 Å². The van der Waals surface area contributed by atoms with Crippen LogP contribution < -0.4 is 80.6 Å². The zero-order valence-corrected chi connectivity index (χ0v) is 61.5. The lowest BCUT2D eigenvalue weighted by Gasteiger charge is -2.31.